The van der Waals surface area contributed by atoms with Gasteiger partial charge in [-0.05, 0) is 66.6 Å². The second-order valence-electron chi connectivity index (χ2n) is 7.67. The van der Waals surface area contributed by atoms with E-state index >= 15 is 0 Å². The fourth-order valence-electron chi connectivity index (χ4n) is 3.73. The number of benzene rings is 3. The number of hydrazone groups is 1. The number of halogens is 3. The molecule has 0 aliphatic carbocycles. The molecule has 4 nitrogen and oxygen atoms in total. The van der Waals surface area contributed by atoms with Crippen LogP contribution in [-0.2, 0) is 5.41 Å². The summed E-state index contributed by atoms with van der Waals surface area (Å²) in [4.78, 5) is 14.9. The summed E-state index contributed by atoms with van der Waals surface area (Å²) >= 11 is 18.2. The van der Waals surface area contributed by atoms with Crippen molar-refractivity contribution in [3.63, 3.8) is 0 Å². The fraction of sp³-hybridized carbons (Fsp3) is 0.167. The van der Waals surface area contributed by atoms with E-state index in [0.717, 1.165) is 22.5 Å². The molecule has 0 radical (unpaired) electrons. The van der Waals surface area contributed by atoms with Crippen LogP contribution in [0.3, 0.4) is 0 Å². The summed E-state index contributed by atoms with van der Waals surface area (Å²) in [5.74, 6) is 0. The molecule has 1 unspecified atom stereocenters. The van der Waals surface area contributed by atoms with E-state index in [1.165, 1.54) is 5.01 Å². The molecule has 2 amide bonds. The maximum Gasteiger partial charge on any atom is 0.344 e. The number of urea groups is 1. The van der Waals surface area contributed by atoms with Gasteiger partial charge < -0.3 is 0 Å². The summed E-state index contributed by atoms with van der Waals surface area (Å²) in [6.45, 7) is 2.47. The van der Waals surface area contributed by atoms with E-state index in [2.05, 4.69) is 6.92 Å². The van der Waals surface area contributed by atoms with Gasteiger partial charge in [0.2, 0.25) is 0 Å². The minimum Gasteiger partial charge on any atom is -0.296 e. The van der Waals surface area contributed by atoms with Gasteiger partial charge in [-0.2, -0.15) is 5.10 Å². The molecule has 4 rings (SSSR count). The zero-order valence-corrected chi connectivity index (χ0v) is 19.3. The molecule has 1 aliphatic heterocycles. The van der Waals surface area contributed by atoms with Crippen molar-refractivity contribution in [3.05, 3.63) is 99.0 Å². The molecule has 0 saturated carbocycles. The van der Waals surface area contributed by atoms with Gasteiger partial charge in [0.25, 0.3) is 0 Å². The lowest BCUT2D eigenvalue weighted by molar-refractivity contribution is 0.208. The first kappa shape index (κ1) is 21.7. The minimum atomic E-state index is -0.519. The number of carbonyl (C=O) groups is 1. The van der Waals surface area contributed by atoms with Crippen LogP contribution in [0.5, 0.6) is 0 Å². The Labute approximate surface area is 196 Å². The molecule has 3 aromatic carbocycles. The molecule has 1 atom stereocenters. The number of hydrogen-bond donors (Lipinski definition) is 0. The Balaban J connectivity index is 1.72. The Morgan fingerprint density at radius 2 is 1.35 bits per heavy atom. The Kier molecular flexibility index (Phi) is 5.98. The van der Waals surface area contributed by atoms with E-state index in [-0.39, 0.29) is 6.03 Å². The number of amides is 2. The van der Waals surface area contributed by atoms with E-state index in [9.17, 15) is 4.79 Å². The third kappa shape index (κ3) is 4.29. The highest BCUT2D eigenvalue weighted by Crippen LogP contribution is 2.36. The summed E-state index contributed by atoms with van der Waals surface area (Å²) in [5.41, 5.74) is 2.94. The maximum absolute atomic E-state index is 13.3. The number of anilines is 1. The van der Waals surface area contributed by atoms with Gasteiger partial charge in [-0.15, -0.1) is 0 Å². The lowest BCUT2D eigenvalue weighted by Crippen LogP contribution is -2.42. The topological polar surface area (TPSA) is 35.9 Å². The summed E-state index contributed by atoms with van der Waals surface area (Å²) in [7, 11) is 1.72. The van der Waals surface area contributed by atoms with Crippen LogP contribution >= 0.6 is 34.8 Å². The number of rotatable bonds is 3. The highest BCUT2D eigenvalue weighted by atomic mass is 35.5. The van der Waals surface area contributed by atoms with Gasteiger partial charge >= 0.3 is 6.03 Å². The molecule has 0 saturated heterocycles. The van der Waals surface area contributed by atoms with E-state index in [1.54, 1.807) is 36.2 Å². The van der Waals surface area contributed by atoms with Crippen LogP contribution in [0, 0.1) is 0 Å². The van der Waals surface area contributed by atoms with E-state index in [0.29, 0.717) is 21.6 Å². The van der Waals surface area contributed by atoms with Crippen molar-refractivity contribution in [1.29, 1.82) is 0 Å². The van der Waals surface area contributed by atoms with Gasteiger partial charge in [-0.25, -0.2) is 9.80 Å². The van der Waals surface area contributed by atoms with E-state index in [4.69, 9.17) is 39.9 Å². The van der Waals surface area contributed by atoms with Crippen molar-refractivity contribution < 1.29 is 4.79 Å². The molecule has 7 heteroatoms. The Bertz CT molecular complexity index is 1130. The molecule has 0 aromatic heterocycles. The molecule has 31 heavy (non-hydrogen) atoms. The first-order valence-electron chi connectivity index (χ1n) is 9.70. The molecule has 1 aliphatic rings. The Morgan fingerprint density at radius 3 is 1.90 bits per heavy atom. The predicted octanol–water partition coefficient (Wildman–Crippen LogP) is 6.88. The number of nitrogens with zero attached hydrogens (tertiary/aromatic N) is 3. The van der Waals surface area contributed by atoms with Crippen LogP contribution in [0.2, 0.25) is 15.1 Å². The van der Waals surface area contributed by atoms with Gasteiger partial charge in [0, 0.05) is 27.8 Å². The highest BCUT2D eigenvalue weighted by molar-refractivity contribution is 6.31. The Hall–Kier alpha value is -2.53. The first-order valence-corrected chi connectivity index (χ1v) is 10.8. The summed E-state index contributed by atoms with van der Waals surface area (Å²) in [6, 6.07) is 22.0. The second kappa shape index (κ2) is 8.54. The lowest BCUT2D eigenvalue weighted by Gasteiger charge is -2.28. The maximum atomic E-state index is 13.3. The molecular formula is C24H20Cl3N3O. The predicted molar refractivity (Wildman–Crippen MR) is 129 cm³/mol. The normalized spacial score (nSPS) is 18.1. The smallest absolute Gasteiger partial charge is 0.296 e. The van der Waals surface area contributed by atoms with Gasteiger partial charge in [0.15, 0.2) is 0 Å². The number of carbonyl (C=O) groups excluding carboxylic acids is 1. The van der Waals surface area contributed by atoms with Crippen molar-refractivity contribution in [2.75, 3.05) is 18.5 Å². The quantitative estimate of drug-likeness (QED) is 0.409. The summed E-state index contributed by atoms with van der Waals surface area (Å²) in [5, 5.41) is 8.19. The molecule has 1 heterocycles. The molecule has 0 spiro atoms. The van der Waals surface area contributed by atoms with Crippen LogP contribution in [0.15, 0.2) is 77.9 Å². The van der Waals surface area contributed by atoms with Crippen molar-refractivity contribution in [3.8, 4) is 0 Å². The Morgan fingerprint density at radius 1 is 0.871 bits per heavy atom. The lowest BCUT2D eigenvalue weighted by atomic mass is 9.76. The van der Waals surface area contributed by atoms with Crippen molar-refractivity contribution in [2.45, 2.75) is 12.3 Å². The van der Waals surface area contributed by atoms with Gasteiger partial charge in [0.1, 0.15) is 0 Å². The second-order valence-corrected chi connectivity index (χ2v) is 8.98. The molecular weight excluding hydrogens is 453 g/mol. The first-order chi connectivity index (χ1) is 14.8. The average Bonchev–Trinajstić information content (AvgIpc) is 3.13. The van der Waals surface area contributed by atoms with Gasteiger partial charge in [-0.3, -0.25) is 4.90 Å². The standard InChI is InChI=1S/C24H20Cl3N3O/c1-24(17-5-9-19(26)10-6-17)15-30(28-22(24)16-3-7-18(25)8-4-16)23(31)29(2)21-13-11-20(27)12-14-21/h3-14H,15H2,1-2H3. The highest BCUT2D eigenvalue weighted by Gasteiger charge is 2.43. The number of hydrogen-bond acceptors (Lipinski definition) is 2. The fourth-order valence-corrected chi connectivity index (χ4v) is 4.11. The van der Waals surface area contributed by atoms with E-state index < -0.39 is 5.41 Å². The molecule has 0 N–H and O–H groups in total. The van der Waals surface area contributed by atoms with Crippen molar-refractivity contribution >= 4 is 52.2 Å². The SMILES string of the molecule is CN(C(=O)N1CC(C)(c2ccc(Cl)cc2)C(c2ccc(Cl)cc2)=N1)c1ccc(Cl)cc1. The molecule has 0 fully saturated rings. The molecule has 158 valence electrons. The van der Waals surface area contributed by atoms with Crippen molar-refractivity contribution in [2.24, 2.45) is 5.10 Å². The monoisotopic (exact) mass is 471 g/mol. The summed E-state index contributed by atoms with van der Waals surface area (Å²) < 4.78 is 0. The van der Waals surface area contributed by atoms with Crippen LogP contribution < -0.4 is 4.90 Å². The van der Waals surface area contributed by atoms with Crippen LogP contribution in [0.1, 0.15) is 18.1 Å². The minimum absolute atomic E-state index is 0.230. The largest absolute Gasteiger partial charge is 0.344 e. The van der Waals surface area contributed by atoms with Crippen molar-refractivity contribution in [1.82, 2.24) is 5.01 Å². The third-order valence-electron chi connectivity index (χ3n) is 5.53. The van der Waals surface area contributed by atoms with E-state index in [1.807, 2.05) is 48.5 Å². The van der Waals surface area contributed by atoms with Crippen LogP contribution in [0.4, 0.5) is 10.5 Å². The average molecular weight is 473 g/mol. The van der Waals surface area contributed by atoms with Crippen LogP contribution in [0.25, 0.3) is 0 Å². The molecule has 3 aromatic rings. The van der Waals surface area contributed by atoms with Crippen LogP contribution in [-0.4, -0.2) is 30.3 Å². The van der Waals surface area contributed by atoms with Gasteiger partial charge in [-0.1, -0.05) is 59.1 Å². The zero-order chi connectivity index (χ0) is 22.2. The molecule has 0 bridgehead atoms. The zero-order valence-electron chi connectivity index (χ0n) is 17.0. The van der Waals surface area contributed by atoms with Gasteiger partial charge in [0.05, 0.1) is 17.7 Å². The third-order valence-corrected chi connectivity index (χ3v) is 6.29. The summed E-state index contributed by atoms with van der Waals surface area (Å²) in [6.07, 6.45) is 0.